The summed E-state index contributed by atoms with van der Waals surface area (Å²) in [6.07, 6.45) is 1.79. The molecule has 1 amide bonds. The number of pyridine rings is 1. The number of fused-ring (bicyclic) bond motifs is 1. The quantitative estimate of drug-likeness (QED) is 0.380. The van der Waals surface area contributed by atoms with Gasteiger partial charge in [0.1, 0.15) is 0 Å². The van der Waals surface area contributed by atoms with Crippen LogP contribution in [0.3, 0.4) is 0 Å². The number of sulfonamides is 1. The van der Waals surface area contributed by atoms with Crippen LogP contribution in [0.25, 0.3) is 11.1 Å². The van der Waals surface area contributed by atoms with Crippen molar-refractivity contribution in [2.75, 3.05) is 5.32 Å². The maximum absolute atomic E-state index is 12.5. The van der Waals surface area contributed by atoms with E-state index in [4.69, 9.17) is 16.6 Å². The third-order valence-corrected chi connectivity index (χ3v) is 6.47. The number of anilines is 1. The minimum absolute atomic E-state index is 0.0901. The summed E-state index contributed by atoms with van der Waals surface area (Å²) in [4.78, 5) is 16.9. The van der Waals surface area contributed by atoms with Crippen molar-refractivity contribution in [2.45, 2.75) is 24.4 Å². The van der Waals surface area contributed by atoms with Crippen LogP contribution in [0.4, 0.5) is 5.69 Å². The lowest BCUT2D eigenvalue weighted by Crippen LogP contribution is -2.23. The molecule has 4 rings (SSSR count). The normalized spacial score (nSPS) is 11.5. The molecule has 0 atom stereocenters. The predicted molar refractivity (Wildman–Crippen MR) is 123 cm³/mol. The number of carbonyl (C=O) groups excluding carboxylic acids is 1. The first kappa shape index (κ1) is 21.9. The number of nitrogens with one attached hydrogen (secondary N) is 2. The van der Waals surface area contributed by atoms with Gasteiger partial charge in [-0.25, -0.2) is 13.1 Å². The first-order valence-corrected chi connectivity index (χ1v) is 11.7. The van der Waals surface area contributed by atoms with Crippen molar-refractivity contribution >= 4 is 44.9 Å². The molecule has 2 aromatic carbocycles. The molecule has 0 radical (unpaired) electrons. The number of benzene rings is 2. The predicted octanol–water partition coefficient (Wildman–Crippen LogP) is 3.87. The Morgan fingerprint density at radius 3 is 2.53 bits per heavy atom. The molecule has 2 heterocycles. The van der Waals surface area contributed by atoms with Gasteiger partial charge >= 0.3 is 0 Å². The summed E-state index contributed by atoms with van der Waals surface area (Å²) in [5.41, 5.74) is 2.62. The first-order chi connectivity index (χ1) is 15.4. The second kappa shape index (κ2) is 9.43. The number of hydrogen-bond acceptors (Lipinski definition) is 6. The number of nitrogens with zero attached hydrogens (tertiary/aromatic N) is 2. The van der Waals surface area contributed by atoms with Gasteiger partial charge in [0.05, 0.1) is 22.7 Å². The maximum atomic E-state index is 12.5. The number of aromatic nitrogens is 2. The van der Waals surface area contributed by atoms with Crippen molar-refractivity contribution in [3.05, 3.63) is 83.5 Å². The third kappa shape index (κ3) is 5.10. The van der Waals surface area contributed by atoms with E-state index < -0.39 is 10.0 Å². The number of carbonyl (C=O) groups is 1. The number of aryl methyl sites for hydroxylation is 1. The summed E-state index contributed by atoms with van der Waals surface area (Å²) < 4.78 is 34.7. The van der Waals surface area contributed by atoms with Crippen molar-refractivity contribution in [3.8, 4) is 0 Å². The van der Waals surface area contributed by atoms with E-state index >= 15 is 0 Å². The van der Waals surface area contributed by atoms with Crippen LogP contribution in [0, 0.1) is 4.84 Å². The largest absolute Gasteiger partial charge is 0.429 e. The Bertz CT molecular complexity index is 1400. The van der Waals surface area contributed by atoms with Crippen LogP contribution in [-0.4, -0.2) is 23.9 Å². The molecule has 0 unspecified atom stereocenters. The molecule has 0 spiro atoms. The summed E-state index contributed by atoms with van der Waals surface area (Å²) in [6, 6.07) is 18.7. The van der Waals surface area contributed by atoms with E-state index in [1.165, 1.54) is 12.1 Å². The Morgan fingerprint density at radius 2 is 1.78 bits per heavy atom. The van der Waals surface area contributed by atoms with Gasteiger partial charge in [0.25, 0.3) is 4.84 Å². The maximum Gasteiger partial charge on any atom is 0.269 e. The second-order valence-electron chi connectivity index (χ2n) is 6.96. The average molecular weight is 469 g/mol. The zero-order chi connectivity index (χ0) is 22.6. The number of para-hydroxylation sites is 2. The highest BCUT2D eigenvalue weighted by molar-refractivity contribution is 7.89. The molecule has 2 N–H and O–H groups in total. The Balaban J connectivity index is 1.35. The SMILES string of the molecule is O=C(CCn1c(=S)oc2ccccc21)Nc1ccc(S(=O)(=O)NCc2ccccn2)cc1. The smallest absolute Gasteiger partial charge is 0.269 e. The fourth-order valence-electron chi connectivity index (χ4n) is 3.13. The summed E-state index contributed by atoms with van der Waals surface area (Å²) in [5, 5.41) is 2.77. The van der Waals surface area contributed by atoms with Crippen LogP contribution in [0.15, 0.2) is 82.2 Å². The van der Waals surface area contributed by atoms with Gasteiger partial charge in [-0.15, -0.1) is 0 Å². The molecule has 10 heteroatoms. The third-order valence-electron chi connectivity index (χ3n) is 4.75. The highest BCUT2D eigenvalue weighted by Crippen LogP contribution is 2.18. The molecule has 0 fully saturated rings. The van der Waals surface area contributed by atoms with E-state index in [1.807, 2.05) is 24.3 Å². The lowest BCUT2D eigenvalue weighted by atomic mass is 10.3. The Labute approximate surface area is 190 Å². The van der Waals surface area contributed by atoms with E-state index in [9.17, 15) is 13.2 Å². The first-order valence-electron chi connectivity index (χ1n) is 9.80. The highest BCUT2D eigenvalue weighted by atomic mass is 32.2. The van der Waals surface area contributed by atoms with Crippen molar-refractivity contribution in [1.29, 1.82) is 0 Å². The topological polar surface area (TPSA) is 106 Å². The van der Waals surface area contributed by atoms with Crippen molar-refractivity contribution in [1.82, 2.24) is 14.3 Å². The summed E-state index contributed by atoms with van der Waals surface area (Å²) in [6.45, 7) is 0.457. The van der Waals surface area contributed by atoms with Crippen LogP contribution in [0.5, 0.6) is 0 Å². The van der Waals surface area contributed by atoms with Crippen LogP contribution in [0.1, 0.15) is 12.1 Å². The average Bonchev–Trinajstić information content (AvgIpc) is 3.12. The molecule has 0 aliphatic heterocycles. The molecule has 0 bridgehead atoms. The number of amides is 1. The Kier molecular flexibility index (Phi) is 6.45. The van der Waals surface area contributed by atoms with Gasteiger partial charge in [-0.05, 0) is 60.7 Å². The van der Waals surface area contributed by atoms with Crippen LogP contribution >= 0.6 is 12.2 Å². The molecule has 32 heavy (non-hydrogen) atoms. The lowest BCUT2D eigenvalue weighted by molar-refractivity contribution is -0.116. The van der Waals surface area contributed by atoms with Crippen molar-refractivity contribution < 1.29 is 17.6 Å². The lowest BCUT2D eigenvalue weighted by Gasteiger charge is -2.09. The van der Waals surface area contributed by atoms with E-state index in [2.05, 4.69) is 15.0 Å². The minimum atomic E-state index is -3.70. The van der Waals surface area contributed by atoms with Crippen LogP contribution in [0.2, 0.25) is 0 Å². The molecule has 4 aromatic rings. The number of oxazole rings is 1. The molecule has 0 saturated heterocycles. The van der Waals surface area contributed by atoms with Crippen LogP contribution < -0.4 is 10.0 Å². The molecule has 164 valence electrons. The zero-order valence-electron chi connectivity index (χ0n) is 16.9. The van der Waals surface area contributed by atoms with Gasteiger partial charge in [0.2, 0.25) is 15.9 Å². The fraction of sp³-hybridized carbons (Fsp3) is 0.136. The molecular weight excluding hydrogens is 448 g/mol. The summed E-state index contributed by atoms with van der Waals surface area (Å²) in [5.74, 6) is -0.221. The van der Waals surface area contributed by atoms with Gasteiger partial charge in [-0.2, -0.15) is 0 Å². The van der Waals surface area contributed by atoms with E-state index in [1.54, 1.807) is 41.1 Å². The summed E-state index contributed by atoms with van der Waals surface area (Å²) >= 11 is 5.23. The second-order valence-corrected chi connectivity index (χ2v) is 9.07. The molecule has 0 aliphatic rings. The standard InChI is InChI=1S/C22H20N4O4S2/c27-21(12-14-26-19-6-1-2-7-20(19)30-22(26)31)25-16-8-10-18(11-9-16)32(28,29)24-15-17-5-3-4-13-23-17/h1-11,13,24H,12,14-15H2,(H,25,27). The van der Waals surface area contributed by atoms with Gasteiger partial charge in [-0.1, -0.05) is 18.2 Å². The van der Waals surface area contributed by atoms with Gasteiger partial charge in [0, 0.05) is 24.8 Å². The molecule has 2 aromatic heterocycles. The monoisotopic (exact) mass is 468 g/mol. The van der Waals surface area contributed by atoms with Crippen molar-refractivity contribution in [3.63, 3.8) is 0 Å². The molecule has 0 saturated carbocycles. The molecular formula is C22H20N4O4S2. The zero-order valence-corrected chi connectivity index (χ0v) is 18.5. The van der Waals surface area contributed by atoms with Gasteiger partial charge in [0.15, 0.2) is 5.58 Å². The van der Waals surface area contributed by atoms with Gasteiger partial charge < -0.3 is 9.73 Å². The van der Waals surface area contributed by atoms with E-state index in [0.717, 1.165) is 5.52 Å². The minimum Gasteiger partial charge on any atom is -0.429 e. The Hall–Kier alpha value is -3.34. The number of rotatable bonds is 8. The highest BCUT2D eigenvalue weighted by Gasteiger charge is 2.14. The number of hydrogen-bond donors (Lipinski definition) is 2. The van der Waals surface area contributed by atoms with Crippen LogP contribution in [-0.2, 0) is 27.9 Å². The Morgan fingerprint density at radius 1 is 1.03 bits per heavy atom. The summed E-state index contributed by atoms with van der Waals surface area (Å²) in [7, 11) is -3.70. The van der Waals surface area contributed by atoms with E-state index in [-0.39, 0.29) is 23.8 Å². The van der Waals surface area contributed by atoms with Gasteiger partial charge in [-0.3, -0.25) is 14.3 Å². The molecule has 0 aliphatic carbocycles. The fourth-order valence-corrected chi connectivity index (χ4v) is 4.41. The van der Waals surface area contributed by atoms with Crippen molar-refractivity contribution in [2.24, 2.45) is 0 Å². The molecule has 8 nitrogen and oxygen atoms in total. The van der Waals surface area contributed by atoms with E-state index in [0.29, 0.717) is 28.3 Å².